The van der Waals surface area contributed by atoms with Gasteiger partial charge in [-0.1, -0.05) is 18.2 Å². The first-order chi connectivity index (χ1) is 10.6. The Kier molecular flexibility index (Phi) is 4.59. The standard InChI is InChI=1S/C16H16IO4P/c1-3-19-22(18,20-4-2)16-10-15-12(9-13(16)17)11-7-5-6-8-14(11)21-15/h5-10H,3-4H2,1-2H3. The normalized spacial score (nSPS) is 12.3. The minimum Gasteiger partial charge on any atom is -0.456 e. The van der Waals surface area contributed by atoms with Crippen molar-refractivity contribution in [2.24, 2.45) is 0 Å². The van der Waals surface area contributed by atoms with Crippen molar-refractivity contribution in [1.29, 1.82) is 0 Å². The molecule has 22 heavy (non-hydrogen) atoms. The van der Waals surface area contributed by atoms with Crippen LogP contribution in [0.3, 0.4) is 0 Å². The van der Waals surface area contributed by atoms with E-state index in [9.17, 15) is 4.57 Å². The van der Waals surface area contributed by atoms with Gasteiger partial charge < -0.3 is 13.5 Å². The van der Waals surface area contributed by atoms with Crippen LogP contribution in [0.2, 0.25) is 0 Å². The van der Waals surface area contributed by atoms with Crippen LogP contribution in [0, 0.1) is 3.57 Å². The van der Waals surface area contributed by atoms with E-state index in [0.29, 0.717) is 24.1 Å². The maximum atomic E-state index is 13.0. The molecule has 0 bridgehead atoms. The molecule has 1 heterocycles. The van der Waals surface area contributed by atoms with Gasteiger partial charge in [-0.25, -0.2) is 0 Å². The molecule has 0 spiro atoms. The molecular weight excluding hydrogens is 414 g/mol. The van der Waals surface area contributed by atoms with Crippen LogP contribution in [0.15, 0.2) is 40.8 Å². The quantitative estimate of drug-likeness (QED) is 0.419. The lowest BCUT2D eigenvalue weighted by Gasteiger charge is -2.18. The highest BCUT2D eigenvalue weighted by atomic mass is 127. The third kappa shape index (κ3) is 2.71. The van der Waals surface area contributed by atoms with Gasteiger partial charge in [0.25, 0.3) is 0 Å². The maximum absolute atomic E-state index is 13.0. The van der Waals surface area contributed by atoms with Gasteiger partial charge in [0.15, 0.2) is 0 Å². The van der Waals surface area contributed by atoms with E-state index in [4.69, 9.17) is 13.5 Å². The highest BCUT2D eigenvalue weighted by Crippen LogP contribution is 2.48. The van der Waals surface area contributed by atoms with Crippen molar-refractivity contribution < 1.29 is 18.0 Å². The second kappa shape index (κ2) is 6.32. The molecule has 0 N–H and O–H groups in total. The van der Waals surface area contributed by atoms with Crippen LogP contribution in [0.1, 0.15) is 13.8 Å². The molecule has 116 valence electrons. The number of benzene rings is 2. The topological polar surface area (TPSA) is 48.7 Å². The summed E-state index contributed by atoms with van der Waals surface area (Å²) in [6.07, 6.45) is 0. The molecule has 0 unspecified atom stereocenters. The van der Waals surface area contributed by atoms with Crippen molar-refractivity contribution in [2.75, 3.05) is 13.2 Å². The molecule has 0 atom stereocenters. The summed E-state index contributed by atoms with van der Waals surface area (Å²) in [6.45, 7) is 4.26. The van der Waals surface area contributed by atoms with E-state index in [-0.39, 0.29) is 0 Å². The number of fused-ring (bicyclic) bond motifs is 3. The van der Waals surface area contributed by atoms with Gasteiger partial charge in [0.1, 0.15) is 11.2 Å². The van der Waals surface area contributed by atoms with Gasteiger partial charge >= 0.3 is 7.60 Å². The van der Waals surface area contributed by atoms with Gasteiger partial charge in [-0.05, 0) is 54.6 Å². The zero-order chi connectivity index (χ0) is 15.7. The van der Waals surface area contributed by atoms with E-state index in [2.05, 4.69) is 22.6 Å². The highest BCUT2D eigenvalue weighted by Gasteiger charge is 2.30. The van der Waals surface area contributed by atoms with Crippen molar-refractivity contribution >= 4 is 57.4 Å². The fraction of sp³-hybridized carbons (Fsp3) is 0.250. The van der Waals surface area contributed by atoms with Gasteiger partial charge in [0.2, 0.25) is 0 Å². The van der Waals surface area contributed by atoms with E-state index in [1.807, 2.05) is 30.3 Å². The summed E-state index contributed by atoms with van der Waals surface area (Å²) in [5.41, 5.74) is 1.50. The molecule has 0 aliphatic rings. The van der Waals surface area contributed by atoms with E-state index in [1.165, 1.54) is 0 Å². The summed E-state index contributed by atoms with van der Waals surface area (Å²) >= 11 is 2.17. The average Bonchev–Trinajstić information content (AvgIpc) is 2.85. The summed E-state index contributed by atoms with van der Waals surface area (Å²) in [5, 5.41) is 2.61. The Bertz CT molecular complexity index is 861. The predicted molar refractivity (Wildman–Crippen MR) is 96.9 cm³/mol. The van der Waals surface area contributed by atoms with E-state index < -0.39 is 7.60 Å². The summed E-state index contributed by atoms with van der Waals surface area (Å²) in [5.74, 6) is 0. The lowest BCUT2D eigenvalue weighted by atomic mass is 10.1. The van der Waals surface area contributed by atoms with Crippen LogP contribution in [-0.2, 0) is 13.6 Å². The molecule has 6 heteroatoms. The first kappa shape index (κ1) is 16.0. The summed E-state index contributed by atoms with van der Waals surface area (Å²) in [6, 6.07) is 11.6. The Labute approximate surface area is 142 Å². The summed E-state index contributed by atoms with van der Waals surface area (Å²) in [4.78, 5) is 0. The zero-order valence-corrected chi connectivity index (χ0v) is 15.4. The summed E-state index contributed by atoms with van der Waals surface area (Å²) in [7, 11) is -3.32. The van der Waals surface area contributed by atoms with E-state index in [0.717, 1.165) is 19.9 Å². The Balaban J connectivity index is 2.24. The second-order valence-electron chi connectivity index (χ2n) is 4.73. The molecule has 2 aromatic carbocycles. The Morgan fingerprint density at radius 3 is 2.41 bits per heavy atom. The van der Waals surface area contributed by atoms with Gasteiger partial charge in [-0.3, -0.25) is 4.57 Å². The molecule has 0 aliphatic carbocycles. The van der Waals surface area contributed by atoms with Gasteiger partial charge in [-0.2, -0.15) is 0 Å². The Morgan fingerprint density at radius 1 is 1.05 bits per heavy atom. The lowest BCUT2D eigenvalue weighted by Crippen LogP contribution is -2.13. The molecule has 0 aliphatic heterocycles. The van der Waals surface area contributed by atoms with Crippen molar-refractivity contribution in [1.82, 2.24) is 0 Å². The third-order valence-corrected chi connectivity index (χ3v) is 6.81. The molecule has 0 saturated heterocycles. The molecule has 3 aromatic rings. The fourth-order valence-electron chi connectivity index (χ4n) is 2.46. The zero-order valence-electron chi connectivity index (χ0n) is 12.3. The second-order valence-corrected chi connectivity index (χ2v) is 7.89. The number of furan rings is 1. The van der Waals surface area contributed by atoms with Crippen LogP contribution < -0.4 is 5.30 Å². The number of para-hydroxylation sites is 1. The van der Waals surface area contributed by atoms with Crippen LogP contribution in [-0.4, -0.2) is 13.2 Å². The minimum atomic E-state index is -3.32. The molecule has 0 radical (unpaired) electrons. The van der Waals surface area contributed by atoms with Gasteiger partial charge in [0.05, 0.1) is 18.5 Å². The largest absolute Gasteiger partial charge is 0.456 e. The third-order valence-electron chi connectivity index (χ3n) is 3.34. The lowest BCUT2D eigenvalue weighted by molar-refractivity contribution is 0.230. The molecule has 0 fully saturated rings. The smallest absolute Gasteiger partial charge is 0.362 e. The van der Waals surface area contributed by atoms with Gasteiger partial charge in [-0.15, -0.1) is 0 Å². The van der Waals surface area contributed by atoms with Crippen molar-refractivity contribution in [3.05, 3.63) is 40.0 Å². The molecular formula is C16H16IO4P. The molecule has 1 aromatic heterocycles. The average molecular weight is 430 g/mol. The van der Waals surface area contributed by atoms with Crippen LogP contribution in [0.4, 0.5) is 0 Å². The van der Waals surface area contributed by atoms with Crippen molar-refractivity contribution in [3.8, 4) is 0 Å². The van der Waals surface area contributed by atoms with Crippen molar-refractivity contribution in [2.45, 2.75) is 13.8 Å². The summed E-state index contributed by atoms with van der Waals surface area (Å²) < 4.78 is 30.6. The number of hydrogen-bond donors (Lipinski definition) is 0. The Hall–Kier alpha value is -0.880. The molecule has 3 rings (SSSR count). The minimum absolute atomic E-state index is 0.325. The number of hydrogen-bond acceptors (Lipinski definition) is 4. The SMILES string of the molecule is CCOP(=O)(OCC)c1cc2oc3ccccc3c2cc1I. The number of rotatable bonds is 5. The number of halogens is 1. The van der Waals surface area contributed by atoms with Gasteiger partial charge in [0, 0.05) is 14.3 Å². The first-order valence-corrected chi connectivity index (χ1v) is 9.71. The predicted octanol–water partition coefficient (Wildman–Crippen LogP) is 5.08. The molecule has 0 saturated carbocycles. The van der Waals surface area contributed by atoms with E-state index >= 15 is 0 Å². The van der Waals surface area contributed by atoms with E-state index in [1.54, 1.807) is 19.9 Å². The van der Waals surface area contributed by atoms with Crippen molar-refractivity contribution in [3.63, 3.8) is 0 Å². The first-order valence-electron chi connectivity index (χ1n) is 7.09. The highest BCUT2D eigenvalue weighted by molar-refractivity contribution is 14.1. The fourth-order valence-corrected chi connectivity index (χ4v) is 5.45. The van der Waals surface area contributed by atoms with Crippen LogP contribution in [0.25, 0.3) is 21.9 Å². The Morgan fingerprint density at radius 2 is 1.73 bits per heavy atom. The monoisotopic (exact) mass is 430 g/mol. The molecule has 0 amide bonds. The van der Waals surface area contributed by atoms with Crippen LogP contribution in [0.5, 0.6) is 0 Å². The maximum Gasteiger partial charge on any atom is 0.362 e. The van der Waals surface area contributed by atoms with Crippen LogP contribution >= 0.6 is 30.2 Å². The molecule has 4 nitrogen and oxygen atoms in total.